The van der Waals surface area contributed by atoms with Gasteiger partial charge in [-0.15, -0.1) is 12.4 Å². The van der Waals surface area contributed by atoms with Gasteiger partial charge in [-0.2, -0.15) is 13.2 Å². The fourth-order valence-corrected chi connectivity index (χ4v) is 1.52. The third-order valence-electron chi connectivity index (χ3n) is 2.40. The molecule has 0 saturated carbocycles. The third-order valence-corrected chi connectivity index (χ3v) is 2.40. The largest absolute Gasteiger partial charge is 0.401 e. The van der Waals surface area contributed by atoms with Crippen molar-refractivity contribution in [2.75, 3.05) is 26.7 Å². The summed E-state index contributed by atoms with van der Waals surface area (Å²) >= 11 is 0. The molecule has 0 aliphatic carbocycles. The molecule has 0 fully saturated rings. The van der Waals surface area contributed by atoms with Gasteiger partial charge in [0.1, 0.15) is 0 Å². The number of halogens is 4. The number of carbonyl (C=O) groups is 1. The lowest BCUT2D eigenvalue weighted by Crippen LogP contribution is -2.41. The lowest BCUT2D eigenvalue weighted by Gasteiger charge is -2.18. The zero-order valence-electron chi connectivity index (χ0n) is 11.3. The Balaban J connectivity index is 0. The first-order valence-electron chi connectivity index (χ1n) is 6.05. The maximum absolute atomic E-state index is 12.0. The molecule has 8 heteroatoms. The zero-order chi connectivity index (χ0) is 14.2. The molecule has 0 saturated heterocycles. The summed E-state index contributed by atoms with van der Waals surface area (Å²) in [5, 5.41) is 2.61. The lowest BCUT2D eigenvalue weighted by molar-refractivity contribution is -0.143. The highest BCUT2D eigenvalue weighted by atomic mass is 35.5. The van der Waals surface area contributed by atoms with Crippen LogP contribution in [-0.4, -0.2) is 49.7 Å². The van der Waals surface area contributed by atoms with E-state index in [-0.39, 0.29) is 24.9 Å². The predicted octanol–water partition coefficient (Wildman–Crippen LogP) is 1.54. The number of rotatable bonds is 8. The van der Waals surface area contributed by atoms with Crippen LogP contribution in [0.1, 0.15) is 26.2 Å². The van der Waals surface area contributed by atoms with Crippen molar-refractivity contribution in [1.29, 1.82) is 0 Å². The highest BCUT2D eigenvalue weighted by molar-refractivity contribution is 5.85. The summed E-state index contributed by atoms with van der Waals surface area (Å²) in [4.78, 5) is 12.6. The average Bonchev–Trinajstić information content (AvgIpc) is 2.21. The van der Waals surface area contributed by atoms with Crippen LogP contribution >= 0.6 is 12.4 Å². The van der Waals surface area contributed by atoms with Gasteiger partial charge in [0.25, 0.3) is 0 Å². The van der Waals surface area contributed by atoms with Crippen LogP contribution in [0.2, 0.25) is 0 Å². The van der Waals surface area contributed by atoms with Crippen LogP contribution in [0.4, 0.5) is 13.2 Å². The summed E-state index contributed by atoms with van der Waals surface area (Å²) in [6, 6.07) is -0.525. The number of nitrogens with one attached hydrogen (secondary N) is 1. The molecule has 0 bridgehead atoms. The number of nitrogens with zero attached hydrogens (tertiary/aromatic N) is 1. The van der Waals surface area contributed by atoms with Crippen LogP contribution in [0.15, 0.2) is 0 Å². The number of carbonyl (C=O) groups excluding carboxylic acids is 1. The van der Waals surface area contributed by atoms with Crippen LogP contribution in [0.25, 0.3) is 0 Å². The average molecular weight is 306 g/mol. The van der Waals surface area contributed by atoms with E-state index in [0.29, 0.717) is 19.4 Å². The Bertz CT molecular complexity index is 252. The van der Waals surface area contributed by atoms with Crippen molar-refractivity contribution >= 4 is 18.3 Å². The van der Waals surface area contributed by atoms with E-state index in [9.17, 15) is 18.0 Å². The van der Waals surface area contributed by atoms with Crippen molar-refractivity contribution in [3.63, 3.8) is 0 Å². The molecule has 0 aromatic carbocycles. The van der Waals surface area contributed by atoms with Gasteiger partial charge in [0.05, 0.1) is 12.6 Å². The SMILES string of the molecule is CCCC(N)C(=O)NCCCN(C)CC(F)(F)F.Cl. The second-order valence-electron chi connectivity index (χ2n) is 4.39. The lowest BCUT2D eigenvalue weighted by atomic mass is 10.1. The second-order valence-corrected chi connectivity index (χ2v) is 4.39. The Hall–Kier alpha value is -0.530. The minimum absolute atomic E-state index is 0. The molecule has 0 spiro atoms. The Morgan fingerprint density at radius 2 is 2.00 bits per heavy atom. The van der Waals surface area contributed by atoms with E-state index in [1.165, 1.54) is 11.9 Å². The van der Waals surface area contributed by atoms with Crippen LogP contribution in [0.3, 0.4) is 0 Å². The van der Waals surface area contributed by atoms with Crippen molar-refractivity contribution < 1.29 is 18.0 Å². The summed E-state index contributed by atoms with van der Waals surface area (Å²) in [7, 11) is 1.40. The molecular weight excluding hydrogens is 283 g/mol. The molecule has 0 aliphatic rings. The van der Waals surface area contributed by atoms with Gasteiger partial charge in [0.2, 0.25) is 5.91 Å². The Kier molecular flexibility index (Phi) is 11.2. The normalized spacial score (nSPS) is 13.0. The fraction of sp³-hybridized carbons (Fsp3) is 0.909. The van der Waals surface area contributed by atoms with Crippen molar-refractivity contribution in [2.45, 2.75) is 38.4 Å². The second kappa shape index (κ2) is 10.3. The zero-order valence-corrected chi connectivity index (χ0v) is 12.1. The highest BCUT2D eigenvalue weighted by Crippen LogP contribution is 2.15. The molecule has 1 atom stereocenters. The van der Waals surface area contributed by atoms with Gasteiger partial charge in [0, 0.05) is 6.54 Å². The summed E-state index contributed by atoms with van der Waals surface area (Å²) in [5.74, 6) is -0.240. The molecule has 4 nitrogen and oxygen atoms in total. The number of nitrogens with two attached hydrogens (primary N) is 1. The van der Waals surface area contributed by atoms with Gasteiger partial charge in [-0.05, 0) is 26.4 Å². The summed E-state index contributed by atoms with van der Waals surface area (Å²) in [6.45, 7) is 1.62. The first kappa shape index (κ1) is 20.8. The first-order valence-corrected chi connectivity index (χ1v) is 6.05. The van der Waals surface area contributed by atoms with E-state index in [1.54, 1.807) is 0 Å². The molecule has 3 N–H and O–H groups in total. The molecule has 116 valence electrons. The predicted molar refractivity (Wildman–Crippen MR) is 71.3 cm³/mol. The van der Waals surface area contributed by atoms with Crippen LogP contribution in [0.5, 0.6) is 0 Å². The Morgan fingerprint density at radius 1 is 1.42 bits per heavy atom. The van der Waals surface area contributed by atoms with E-state index >= 15 is 0 Å². The molecular formula is C11H23ClF3N3O. The molecule has 19 heavy (non-hydrogen) atoms. The van der Waals surface area contributed by atoms with E-state index in [1.807, 2.05) is 6.92 Å². The van der Waals surface area contributed by atoms with E-state index in [4.69, 9.17) is 5.73 Å². The van der Waals surface area contributed by atoms with Crippen molar-refractivity contribution in [2.24, 2.45) is 5.73 Å². The van der Waals surface area contributed by atoms with E-state index < -0.39 is 18.8 Å². The molecule has 1 unspecified atom stereocenters. The van der Waals surface area contributed by atoms with E-state index in [0.717, 1.165) is 6.42 Å². The molecule has 1 amide bonds. The van der Waals surface area contributed by atoms with Crippen LogP contribution < -0.4 is 11.1 Å². The molecule has 0 heterocycles. The maximum Gasteiger partial charge on any atom is 0.401 e. The number of hydrogen-bond acceptors (Lipinski definition) is 3. The van der Waals surface area contributed by atoms with Crippen LogP contribution in [-0.2, 0) is 4.79 Å². The first-order chi connectivity index (χ1) is 8.26. The molecule has 0 aromatic rings. The van der Waals surface area contributed by atoms with Gasteiger partial charge in [-0.25, -0.2) is 0 Å². The minimum atomic E-state index is -4.18. The number of alkyl halides is 3. The maximum atomic E-state index is 12.0. The van der Waals surface area contributed by atoms with Crippen molar-refractivity contribution in [1.82, 2.24) is 10.2 Å². The number of amides is 1. The van der Waals surface area contributed by atoms with Gasteiger partial charge in [-0.3, -0.25) is 9.69 Å². The van der Waals surface area contributed by atoms with Gasteiger partial charge < -0.3 is 11.1 Å². The monoisotopic (exact) mass is 305 g/mol. The van der Waals surface area contributed by atoms with E-state index in [2.05, 4.69) is 5.32 Å². The highest BCUT2D eigenvalue weighted by Gasteiger charge is 2.28. The fourth-order valence-electron chi connectivity index (χ4n) is 1.52. The summed E-state index contributed by atoms with van der Waals surface area (Å²) in [5.41, 5.74) is 5.58. The summed E-state index contributed by atoms with van der Waals surface area (Å²) in [6.07, 6.45) is -2.28. The smallest absolute Gasteiger partial charge is 0.355 e. The Morgan fingerprint density at radius 3 is 2.47 bits per heavy atom. The molecule has 0 rings (SSSR count). The van der Waals surface area contributed by atoms with Gasteiger partial charge in [-0.1, -0.05) is 13.3 Å². The molecule has 0 aliphatic heterocycles. The summed E-state index contributed by atoms with van der Waals surface area (Å²) < 4.78 is 36.0. The van der Waals surface area contributed by atoms with Crippen LogP contribution in [0, 0.1) is 0 Å². The quantitative estimate of drug-likeness (QED) is 0.669. The topological polar surface area (TPSA) is 58.4 Å². The number of hydrogen-bond donors (Lipinski definition) is 2. The van der Waals surface area contributed by atoms with Crippen molar-refractivity contribution in [3.8, 4) is 0 Å². The van der Waals surface area contributed by atoms with Gasteiger partial charge >= 0.3 is 6.18 Å². The van der Waals surface area contributed by atoms with Gasteiger partial charge in [0.15, 0.2) is 0 Å². The van der Waals surface area contributed by atoms with Crippen molar-refractivity contribution in [3.05, 3.63) is 0 Å². The minimum Gasteiger partial charge on any atom is -0.355 e. The standard InChI is InChI=1S/C11H22F3N3O.ClH/c1-3-5-9(15)10(18)16-6-4-7-17(2)8-11(12,13)14;/h9H,3-8,15H2,1-2H3,(H,16,18);1H. The Labute approximate surface area is 118 Å². The molecule has 0 radical (unpaired) electrons. The third kappa shape index (κ3) is 12.3. The molecule has 0 aromatic heterocycles.